The van der Waals surface area contributed by atoms with Crippen LogP contribution >= 0.6 is 11.6 Å². The highest BCUT2D eigenvalue weighted by Crippen LogP contribution is 2.38. The molecule has 1 aromatic heterocycles. The predicted molar refractivity (Wildman–Crippen MR) is 160 cm³/mol. The lowest BCUT2D eigenvalue weighted by molar-refractivity contribution is -0.145. The summed E-state index contributed by atoms with van der Waals surface area (Å²) < 4.78 is 34.3. The Bertz CT molecular complexity index is 1820. The number of ether oxygens (including phenoxy) is 1. The zero-order valence-corrected chi connectivity index (χ0v) is 24.7. The minimum Gasteiger partial charge on any atom is -0.467 e. The van der Waals surface area contributed by atoms with E-state index in [1.165, 1.54) is 13.2 Å². The first-order chi connectivity index (χ1) is 20.0. The van der Waals surface area contributed by atoms with Gasteiger partial charge in [-0.25, -0.2) is 13.2 Å². The maximum atomic E-state index is 14.2. The average molecular weight is 609 g/mol. The molecule has 12 heteroatoms. The molecule has 0 saturated heterocycles. The molecule has 4 aromatic rings. The van der Waals surface area contributed by atoms with Crippen LogP contribution in [-0.2, 0) is 35.6 Å². The Morgan fingerprint density at radius 3 is 2.55 bits per heavy atom. The van der Waals surface area contributed by atoms with Crippen LogP contribution in [0.15, 0.2) is 71.8 Å². The van der Waals surface area contributed by atoms with Crippen molar-refractivity contribution >= 4 is 61.7 Å². The third kappa shape index (κ3) is 5.45. The Hall–Kier alpha value is -4.35. The first kappa shape index (κ1) is 29.2. The molecular formula is C30H29ClN4O6S. The van der Waals surface area contributed by atoms with Crippen LogP contribution in [0.4, 0.5) is 11.4 Å². The molecule has 218 valence electrons. The lowest BCUT2D eigenvalue weighted by atomic mass is 10.0. The summed E-state index contributed by atoms with van der Waals surface area (Å²) in [6, 6.07) is 14.5. The quantitative estimate of drug-likeness (QED) is 0.256. The van der Waals surface area contributed by atoms with Gasteiger partial charge in [-0.15, -0.1) is 0 Å². The fraction of sp³-hybridized carbons (Fsp3) is 0.233. The van der Waals surface area contributed by atoms with Gasteiger partial charge in [-0.05, 0) is 60.9 Å². The van der Waals surface area contributed by atoms with Crippen molar-refractivity contribution in [1.29, 1.82) is 0 Å². The van der Waals surface area contributed by atoms with Gasteiger partial charge >= 0.3 is 5.97 Å². The monoisotopic (exact) mass is 608 g/mol. The molecule has 10 nitrogen and oxygen atoms in total. The highest BCUT2D eigenvalue weighted by Gasteiger charge is 2.43. The van der Waals surface area contributed by atoms with Crippen LogP contribution in [0.5, 0.6) is 0 Å². The van der Waals surface area contributed by atoms with Crippen LogP contribution in [0.2, 0.25) is 5.02 Å². The van der Waals surface area contributed by atoms with Crippen LogP contribution < -0.4 is 14.9 Å². The summed E-state index contributed by atoms with van der Waals surface area (Å²) in [4.78, 5) is 42.6. The van der Waals surface area contributed by atoms with E-state index >= 15 is 0 Å². The number of nitrogens with zero attached hydrogens (tertiary/aromatic N) is 1. The summed E-state index contributed by atoms with van der Waals surface area (Å²) in [6.45, 7) is 3.30. The van der Waals surface area contributed by atoms with Crippen molar-refractivity contribution < 1.29 is 27.5 Å². The minimum absolute atomic E-state index is 0.0360. The fourth-order valence-electron chi connectivity index (χ4n) is 5.16. The van der Waals surface area contributed by atoms with E-state index in [2.05, 4.69) is 15.6 Å². The van der Waals surface area contributed by atoms with E-state index < -0.39 is 46.3 Å². The van der Waals surface area contributed by atoms with Crippen LogP contribution in [0, 0.1) is 13.8 Å². The minimum atomic E-state index is -4.35. The number of para-hydroxylation sites is 3. The van der Waals surface area contributed by atoms with E-state index in [-0.39, 0.29) is 22.7 Å². The molecule has 2 amide bonds. The number of fused-ring (bicyclic) bond motifs is 2. The second-order valence-electron chi connectivity index (χ2n) is 10.1. The van der Waals surface area contributed by atoms with Gasteiger partial charge in [-0.2, -0.15) is 0 Å². The van der Waals surface area contributed by atoms with E-state index in [1.807, 2.05) is 24.3 Å². The molecule has 0 unspecified atom stereocenters. The van der Waals surface area contributed by atoms with Gasteiger partial charge in [-0.1, -0.05) is 41.9 Å². The Kier molecular flexibility index (Phi) is 7.98. The van der Waals surface area contributed by atoms with E-state index in [4.69, 9.17) is 16.3 Å². The number of benzene rings is 3. The zero-order chi connectivity index (χ0) is 30.2. The van der Waals surface area contributed by atoms with Crippen molar-refractivity contribution in [1.82, 2.24) is 10.3 Å². The SMILES string of the molecule is COC(=O)[C@@H](Cc1c[nH]c2ccccc12)NC(=O)C[C@@H]1C(=O)Nc2ccccc2N1S(=O)(=O)c1cc(C)c(Cl)cc1C. The van der Waals surface area contributed by atoms with E-state index in [0.29, 0.717) is 16.1 Å². The first-order valence-electron chi connectivity index (χ1n) is 13.1. The van der Waals surface area contributed by atoms with E-state index in [1.54, 1.807) is 50.4 Å². The van der Waals surface area contributed by atoms with Crippen LogP contribution in [0.25, 0.3) is 10.9 Å². The van der Waals surface area contributed by atoms with Crippen LogP contribution in [-0.4, -0.2) is 50.4 Å². The Labute approximate surface area is 248 Å². The normalized spacial score (nSPS) is 15.6. The number of carbonyl (C=O) groups excluding carboxylic acids is 3. The average Bonchev–Trinajstić information content (AvgIpc) is 3.37. The van der Waals surface area contributed by atoms with Gasteiger partial charge in [-0.3, -0.25) is 13.9 Å². The number of amides is 2. The number of hydrogen-bond donors (Lipinski definition) is 3. The van der Waals surface area contributed by atoms with Gasteiger partial charge in [0.25, 0.3) is 10.0 Å². The molecular weight excluding hydrogens is 580 g/mol. The molecule has 3 N–H and O–H groups in total. The summed E-state index contributed by atoms with van der Waals surface area (Å²) in [5, 5.41) is 6.65. The van der Waals surface area contributed by atoms with Gasteiger partial charge in [0, 0.05) is 28.5 Å². The molecule has 0 saturated carbocycles. The van der Waals surface area contributed by atoms with Gasteiger partial charge in [0.2, 0.25) is 11.8 Å². The van der Waals surface area contributed by atoms with E-state index in [0.717, 1.165) is 20.8 Å². The van der Waals surface area contributed by atoms with Gasteiger partial charge in [0.05, 0.1) is 29.8 Å². The molecule has 1 aliphatic heterocycles. The molecule has 2 heterocycles. The lowest BCUT2D eigenvalue weighted by Gasteiger charge is -2.37. The summed E-state index contributed by atoms with van der Waals surface area (Å²) in [5.74, 6) is -2.06. The summed E-state index contributed by atoms with van der Waals surface area (Å²) in [5.41, 5.74) is 3.09. The molecule has 2 atom stereocenters. The van der Waals surface area contributed by atoms with Crippen LogP contribution in [0.3, 0.4) is 0 Å². The standard InChI is InChI=1S/C30H29ClN4O6S/c1-17-13-27(18(2)12-21(17)31)42(39,40)35-25-11-7-6-10-23(25)34-29(37)26(35)15-28(36)33-24(30(38)41-3)14-19-16-32-22-9-5-4-8-20(19)22/h4-13,16,24,26,32H,14-15H2,1-3H3,(H,33,36)(H,34,37)/t24-,26-/m1/s1. The van der Waals surface area contributed by atoms with Gasteiger partial charge in [0.1, 0.15) is 12.1 Å². The first-order valence-corrected chi connectivity index (χ1v) is 15.0. The smallest absolute Gasteiger partial charge is 0.328 e. The summed E-state index contributed by atoms with van der Waals surface area (Å²) >= 11 is 6.23. The van der Waals surface area contributed by atoms with Crippen LogP contribution in [0.1, 0.15) is 23.1 Å². The number of hydrogen-bond acceptors (Lipinski definition) is 6. The zero-order valence-electron chi connectivity index (χ0n) is 23.1. The predicted octanol–water partition coefficient (Wildman–Crippen LogP) is 4.24. The number of nitrogens with one attached hydrogen (secondary N) is 3. The largest absolute Gasteiger partial charge is 0.467 e. The van der Waals surface area contributed by atoms with Crippen molar-refractivity contribution in [2.75, 3.05) is 16.7 Å². The van der Waals surface area contributed by atoms with E-state index in [9.17, 15) is 22.8 Å². The number of halogens is 1. The summed E-state index contributed by atoms with van der Waals surface area (Å²) in [7, 11) is -3.13. The molecule has 5 rings (SSSR count). The molecule has 0 radical (unpaired) electrons. The molecule has 3 aromatic carbocycles. The molecule has 0 bridgehead atoms. The molecule has 1 aliphatic rings. The second-order valence-corrected chi connectivity index (χ2v) is 12.3. The number of carbonyl (C=O) groups is 3. The number of aromatic nitrogens is 1. The number of aryl methyl sites for hydroxylation is 2. The second kappa shape index (κ2) is 11.5. The Morgan fingerprint density at radius 1 is 1.07 bits per heavy atom. The lowest BCUT2D eigenvalue weighted by Crippen LogP contribution is -2.54. The molecule has 0 aliphatic carbocycles. The van der Waals surface area contributed by atoms with Crippen molar-refractivity contribution in [2.24, 2.45) is 0 Å². The summed E-state index contributed by atoms with van der Waals surface area (Å²) in [6.07, 6.45) is 1.32. The van der Waals surface area contributed by atoms with Gasteiger partial charge < -0.3 is 20.4 Å². The third-order valence-corrected chi connectivity index (χ3v) is 9.65. The third-order valence-electron chi connectivity index (χ3n) is 7.28. The Balaban J connectivity index is 1.47. The Morgan fingerprint density at radius 2 is 1.79 bits per heavy atom. The fourth-order valence-corrected chi connectivity index (χ4v) is 7.30. The van der Waals surface area contributed by atoms with Gasteiger partial charge in [0.15, 0.2) is 0 Å². The number of rotatable bonds is 8. The van der Waals surface area contributed by atoms with Crippen molar-refractivity contribution in [2.45, 2.75) is 43.7 Å². The van der Waals surface area contributed by atoms with Crippen molar-refractivity contribution in [3.05, 3.63) is 88.6 Å². The number of esters is 1. The molecule has 0 spiro atoms. The molecule has 0 fully saturated rings. The number of aromatic amines is 1. The molecule has 42 heavy (non-hydrogen) atoms. The maximum Gasteiger partial charge on any atom is 0.328 e. The topological polar surface area (TPSA) is 138 Å². The maximum absolute atomic E-state index is 14.2. The highest BCUT2D eigenvalue weighted by atomic mass is 35.5. The number of sulfonamides is 1. The van der Waals surface area contributed by atoms with Crippen molar-refractivity contribution in [3.8, 4) is 0 Å². The highest BCUT2D eigenvalue weighted by molar-refractivity contribution is 7.93. The number of anilines is 2. The number of H-pyrrole nitrogens is 1. The number of methoxy groups -OCH3 is 1. The van der Waals surface area contributed by atoms with Crippen molar-refractivity contribution in [3.63, 3.8) is 0 Å².